The summed E-state index contributed by atoms with van der Waals surface area (Å²) in [5.41, 5.74) is 1.26. The number of likely N-dealkylation sites (N-methyl/N-ethyl adjacent to an activating group) is 1. The van der Waals surface area contributed by atoms with Crippen LogP contribution in [0.2, 0.25) is 0 Å². The fourth-order valence-electron chi connectivity index (χ4n) is 1.90. The topological polar surface area (TPSA) is 43.7 Å². The Kier molecular flexibility index (Phi) is 6.86. The maximum absolute atomic E-state index is 9.80. The molecular formula is C14H23NO2. The van der Waals surface area contributed by atoms with Gasteiger partial charge in [-0.25, -0.2) is 0 Å². The lowest BCUT2D eigenvalue weighted by Crippen LogP contribution is -2.28. The minimum Gasteiger partial charge on any atom is -0.396 e. The van der Waals surface area contributed by atoms with E-state index in [-0.39, 0.29) is 12.7 Å². The predicted molar refractivity (Wildman–Crippen MR) is 69.7 cm³/mol. The minimum atomic E-state index is -0.296. The molecule has 1 unspecified atom stereocenters. The Morgan fingerprint density at radius 2 is 1.88 bits per heavy atom. The van der Waals surface area contributed by atoms with Crippen LogP contribution in [-0.2, 0) is 6.54 Å². The standard InChI is InChI=1S/C14H23NO2/c1-15(11-13-7-3-2-4-8-13)12-14(17)9-5-6-10-16/h2-4,7-8,14,16-17H,5-6,9-12H2,1H3. The van der Waals surface area contributed by atoms with Crippen molar-refractivity contribution in [2.75, 3.05) is 20.2 Å². The van der Waals surface area contributed by atoms with Gasteiger partial charge >= 0.3 is 0 Å². The second kappa shape index (κ2) is 8.23. The summed E-state index contributed by atoms with van der Waals surface area (Å²) in [5.74, 6) is 0. The molecule has 3 heteroatoms. The van der Waals surface area contributed by atoms with Crippen LogP contribution in [-0.4, -0.2) is 41.4 Å². The maximum Gasteiger partial charge on any atom is 0.0667 e. The van der Waals surface area contributed by atoms with Crippen LogP contribution in [0.5, 0.6) is 0 Å². The molecule has 0 aromatic heterocycles. The van der Waals surface area contributed by atoms with E-state index in [2.05, 4.69) is 17.0 Å². The summed E-state index contributed by atoms with van der Waals surface area (Å²) < 4.78 is 0. The Morgan fingerprint density at radius 1 is 1.18 bits per heavy atom. The van der Waals surface area contributed by atoms with Gasteiger partial charge < -0.3 is 10.2 Å². The molecule has 0 bridgehead atoms. The van der Waals surface area contributed by atoms with E-state index in [1.807, 2.05) is 25.2 Å². The van der Waals surface area contributed by atoms with Crippen molar-refractivity contribution in [1.29, 1.82) is 0 Å². The van der Waals surface area contributed by atoms with Crippen molar-refractivity contribution in [2.24, 2.45) is 0 Å². The molecule has 1 aromatic carbocycles. The number of nitrogens with zero attached hydrogens (tertiary/aromatic N) is 1. The van der Waals surface area contributed by atoms with Crippen LogP contribution in [0.3, 0.4) is 0 Å². The summed E-state index contributed by atoms with van der Waals surface area (Å²) in [6.45, 7) is 1.75. The van der Waals surface area contributed by atoms with Gasteiger partial charge in [0.2, 0.25) is 0 Å². The molecule has 0 heterocycles. The molecule has 1 rings (SSSR count). The van der Waals surface area contributed by atoms with Gasteiger partial charge in [0.25, 0.3) is 0 Å². The second-order valence-electron chi connectivity index (χ2n) is 4.56. The van der Waals surface area contributed by atoms with Crippen molar-refractivity contribution in [3.63, 3.8) is 0 Å². The van der Waals surface area contributed by atoms with E-state index in [0.29, 0.717) is 6.54 Å². The van der Waals surface area contributed by atoms with Gasteiger partial charge in [-0.15, -0.1) is 0 Å². The van der Waals surface area contributed by atoms with Crippen molar-refractivity contribution in [1.82, 2.24) is 4.90 Å². The van der Waals surface area contributed by atoms with Crippen molar-refractivity contribution >= 4 is 0 Å². The van der Waals surface area contributed by atoms with E-state index < -0.39 is 0 Å². The maximum atomic E-state index is 9.80. The van der Waals surface area contributed by atoms with E-state index in [1.54, 1.807) is 0 Å². The molecule has 0 amide bonds. The number of rotatable bonds is 8. The molecular weight excluding hydrogens is 214 g/mol. The SMILES string of the molecule is CN(Cc1ccccc1)CC(O)CCCCO. The Bertz CT molecular complexity index is 290. The summed E-state index contributed by atoms with van der Waals surface area (Å²) in [5, 5.41) is 18.5. The lowest BCUT2D eigenvalue weighted by molar-refractivity contribution is 0.110. The molecule has 96 valence electrons. The zero-order chi connectivity index (χ0) is 12.5. The average Bonchev–Trinajstić information content (AvgIpc) is 2.30. The Labute approximate surface area is 104 Å². The number of aliphatic hydroxyl groups is 2. The first-order chi connectivity index (χ1) is 8.22. The molecule has 0 aliphatic heterocycles. The van der Waals surface area contributed by atoms with Crippen LogP contribution in [0.25, 0.3) is 0 Å². The highest BCUT2D eigenvalue weighted by molar-refractivity contribution is 5.14. The highest BCUT2D eigenvalue weighted by Gasteiger charge is 2.08. The second-order valence-corrected chi connectivity index (χ2v) is 4.56. The number of benzene rings is 1. The molecule has 0 saturated heterocycles. The van der Waals surface area contributed by atoms with Gasteiger partial charge in [-0.1, -0.05) is 30.3 Å². The lowest BCUT2D eigenvalue weighted by Gasteiger charge is -2.20. The van der Waals surface area contributed by atoms with Crippen LogP contribution >= 0.6 is 0 Å². The number of hydrogen-bond donors (Lipinski definition) is 2. The van der Waals surface area contributed by atoms with E-state index in [9.17, 15) is 5.11 Å². The molecule has 17 heavy (non-hydrogen) atoms. The van der Waals surface area contributed by atoms with Crippen molar-refractivity contribution in [3.8, 4) is 0 Å². The fraction of sp³-hybridized carbons (Fsp3) is 0.571. The molecule has 0 spiro atoms. The van der Waals surface area contributed by atoms with Crippen LogP contribution < -0.4 is 0 Å². The molecule has 0 fully saturated rings. The van der Waals surface area contributed by atoms with E-state index in [4.69, 9.17) is 5.11 Å². The Hall–Kier alpha value is -0.900. The summed E-state index contributed by atoms with van der Waals surface area (Å²) in [7, 11) is 2.02. The third-order valence-electron chi connectivity index (χ3n) is 2.76. The van der Waals surface area contributed by atoms with E-state index in [1.165, 1.54) is 5.56 Å². The lowest BCUT2D eigenvalue weighted by atomic mass is 10.1. The van der Waals surface area contributed by atoms with Crippen LogP contribution in [0.15, 0.2) is 30.3 Å². The summed E-state index contributed by atoms with van der Waals surface area (Å²) in [6, 6.07) is 10.2. The Balaban J connectivity index is 2.22. The minimum absolute atomic E-state index is 0.215. The van der Waals surface area contributed by atoms with Gasteiger partial charge in [-0.3, -0.25) is 4.90 Å². The van der Waals surface area contributed by atoms with Crippen molar-refractivity contribution in [3.05, 3.63) is 35.9 Å². The highest BCUT2D eigenvalue weighted by Crippen LogP contribution is 2.06. The van der Waals surface area contributed by atoms with Crippen LogP contribution in [0, 0.1) is 0 Å². The van der Waals surface area contributed by atoms with Gasteiger partial charge in [0.1, 0.15) is 0 Å². The Morgan fingerprint density at radius 3 is 2.53 bits per heavy atom. The molecule has 0 aliphatic carbocycles. The monoisotopic (exact) mass is 237 g/mol. The average molecular weight is 237 g/mol. The fourth-order valence-corrected chi connectivity index (χ4v) is 1.90. The van der Waals surface area contributed by atoms with Gasteiger partial charge in [-0.2, -0.15) is 0 Å². The number of aliphatic hydroxyl groups excluding tert-OH is 2. The third kappa shape index (κ3) is 6.41. The van der Waals surface area contributed by atoms with E-state index >= 15 is 0 Å². The first-order valence-electron chi connectivity index (χ1n) is 6.23. The molecule has 1 atom stereocenters. The van der Waals surface area contributed by atoms with Gasteiger partial charge in [-0.05, 0) is 31.9 Å². The largest absolute Gasteiger partial charge is 0.396 e. The zero-order valence-corrected chi connectivity index (χ0v) is 10.5. The predicted octanol–water partition coefficient (Wildman–Crippen LogP) is 1.64. The molecule has 0 aliphatic rings. The molecule has 0 radical (unpaired) electrons. The summed E-state index contributed by atoms with van der Waals surface area (Å²) in [6.07, 6.45) is 2.13. The van der Waals surface area contributed by atoms with Gasteiger partial charge in [0, 0.05) is 19.7 Å². The van der Waals surface area contributed by atoms with Crippen LogP contribution in [0.4, 0.5) is 0 Å². The first-order valence-corrected chi connectivity index (χ1v) is 6.23. The van der Waals surface area contributed by atoms with Crippen molar-refractivity contribution < 1.29 is 10.2 Å². The van der Waals surface area contributed by atoms with Gasteiger partial charge in [0.15, 0.2) is 0 Å². The normalized spacial score (nSPS) is 12.9. The van der Waals surface area contributed by atoms with Gasteiger partial charge in [0.05, 0.1) is 6.10 Å². The number of unbranched alkanes of at least 4 members (excludes halogenated alkanes) is 1. The highest BCUT2D eigenvalue weighted by atomic mass is 16.3. The third-order valence-corrected chi connectivity index (χ3v) is 2.76. The summed E-state index contributed by atoms with van der Waals surface area (Å²) in [4.78, 5) is 2.12. The quantitative estimate of drug-likeness (QED) is 0.676. The van der Waals surface area contributed by atoms with Crippen molar-refractivity contribution in [2.45, 2.75) is 31.9 Å². The zero-order valence-electron chi connectivity index (χ0n) is 10.5. The molecule has 0 saturated carbocycles. The van der Waals surface area contributed by atoms with E-state index in [0.717, 1.165) is 25.8 Å². The molecule has 1 aromatic rings. The van der Waals surface area contributed by atoms with Crippen LogP contribution in [0.1, 0.15) is 24.8 Å². The first kappa shape index (κ1) is 14.2. The smallest absolute Gasteiger partial charge is 0.0667 e. The summed E-state index contributed by atoms with van der Waals surface area (Å²) >= 11 is 0. The number of hydrogen-bond acceptors (Lipinski definition) is 3. The molecule has 2 N–H and O–H groups in total. The molecule has 3 nitrogen and oxygen atoms in total.